The molecule has 0 bridgehead atoms. The van der Waals surface area contributed by atoms with Crippen LogP contribution in [0.3, 0.4) is 0 Å². The fraction of sp³-hybridized carbons (Fsp3) is 0.913. The molecule has 4 aliphatic rings. The van der Waals surface area contributed by atoms with Crippen LogP contribution in [-0.4, -0.2) is 141 Å². The van der Waals surface area contributed by atoms with Crippen LogP contribution in [-0.2, 0) is 38.1 Å². The summed E-state index contributed by atoms with van der Waals surface area (Å²) in [4.78, 5) is 66.8. The summed E-state index contributed by atoms with van der Waals surface area (Å²) in [5.41, 5.74) is -1.81. The molecule has 4 aliphatic heterocycles. The van der Waals surface area contributed by atoms with Crippen LogP contribution < -0.4 is 0 Å². The average molecular weight is 819 g/mol. The summed E-state index contributed by atoms with van der Waals surface area (Å²) in [7, 11) is 8.31. The molecule has 0 aromatic carbocycles. The molecular formula is C46H82N4O8. The van der Waals surface area contributed by atoms with Crippen molar-refractivity contribution >= 4 is 23.9 Å². The van der Waals surface area contributed by atoms with Gasteiger partial charge in [0.15, 0.2) is 0 Å². The van der Waals surface area contributed by atoms with Crippen molar-refractivity contribution in [2.24, 2.45) is 11.8 Å². The zero-order valence-electron chi connectivity index (χ0n) is 39.8. The molecule has 4 heterocycles. The van der Waals surface area contributed by atoms with Gasteiger partial charge in [0.05, 0.1) is 24.7 Å². The molecule has 0 spiro atoms. The van der Waals surface area contributed by atoms with Crippen molar-refractivity contribution in [3.8, 4) is 0 Å². The van der Waals surface area contributed by atoms with Crippen molar-refractivity contribution < 1.29 is 38.1 Å². The topological polar surface area (TPSA) is 118 Å². The van der Waals surface area contributed by atoms with Crippen molar-refractivity contribution in [3.63, 3.8) is 0 Å². The van der Waals surface area contributed by atoms with Gasteiger partial charge in [-0.25, -0.2) is 0 Å². The smallest absolute Gasteiger partial charge is 0.310 e. The first-order valence-electron chi connectivity index (χ1n) is 21.9. The van der Waals surface area contributed by atoms with E-state index in [1.54, 1.807) is 0 Å². The van der Waals surface area contributed by atoms with Gasteiger partial charge in [0.2, 0.25) is 0 Å². The van der Waals surface area contributed by atoms with E-state index >= 15 is 0 Å². The monoisotopic (exact) mass is 819 g/mol. The maximum Gasteiger partial charge on any atom is 0.310 e. The molecule has 334 valence electrons. The van der Waals surface area contributed by atoms with Crippen LogP contribution in [0.15, 0.2) is 0 Å². The second-order valence-corrected chi connectivity index (χ2v) is 23.0. The predicted molar refractivity (Wildman–Crippen MR) is 227 cm³/mol. The van der Waals surface area contributed by atoms with Crippen molar-refractivity contribution in [1.82, 2.24) is 19.6 Å². The Labute approximate surface area is 351 Å². The van der Waals surface area contributed by atoms with E-state index in [2.05, 4.69) is 145 Å². The Balaban J connectivity index is 1.69. The highest BCUT2D eigenvalue weighted by Crippen LogP contribution is 2.42. The first kappa shape index (κ1) is 48.4. The molecule has 0 aromatic heterocycles. The Morgan fingerprint density at radius 2 is 0.690 bits per heavy atom. The first-order valence-corrected chi connectivity index (χ1v) is 21.9. The van der Waals surface area contributed by atoms with Gasteiger partial charge < -0.3 is 23.8 Å². The van der Waals surface area contributed by atoms with Crippen LogP contribution >= 0.6 is 0 Å². The summed E-state index contributed by atoms with van der Waals surface area (Å²) in [6.07, 6.45) is 2.26. The van der Waals surface area contributed by atoms with Gasteiger partial charge in [-0.15, -0.1) is 0 Å². The van der Waals surface area contributed by atoms with E-state index in [4.69, 9.17) is 18.9 Å². The van der Waals surface area contributed by atoms with Gasteiger partial charge in [-0.2, -0.15) is 0 Å². The molecule has 12 nitrogen and oxygen atoms in total. The van der Waals surface area contributed by atoms with E-state index in [9.17, 15) is 19.2 Å². The fourth-order valence-electron chi connectivity index (χ4n) is 10.8. The zero-order chi connectivity index (χ0) is 44.2. The quantitative estimate of drug-likeness (QED) is 0.158. The SMILES string of the molecule is CN1CCC(OC(=O)CC(C(=O)OC2CC(C)(C)N(C)C(C)(C)C2)C(CC(=O)OC2CC(C)(C)N(C)C(C)(C)C2)C(=O)OC2CC(C)(C)N(C)C(C)(C)C2)CC1(C)C. The Kier molecular flexibility index (Phi) is 14.1. The lowest BCUT2D eigenvalue weighted by atomic mass is 9.78. The highest BCUT2D eigenvalue weighted by Gasteiger charge is 2.50. The molecule has 3 atom stereocenters. The minimum Gasteiger partial charge on any atom is -0.462 e. The van der Waals surface area contributed by atoms with Crippen LogP contribution in [0, 0.1) is 11.8 Å². The van der Waals surface area contributed by atoms with Crippen LogP contribution in [0.1, 0.15) is 161 Å². The minimum absolute atomic E-state index is 0.182. The molecule has 0 aliphatic carbocycles. The summed E-state index contributed by atoms with van der Waals surface area (Å²) in [6.45, 7) is 30.5. The van der Waals surface area contributed by atoms with Crippen molar-refractivity contribution in [1.29, 1.82) is 0 Å². The molecule has 4 fully saturated rings. The Bertz CT molecular complexity index is 1460. The number of ether oxygens (including phenoxy) is 4. The van der Waals surface area contributed by atoms with E-state index in [0.717, 1.165) is 6.54 Å². The van der Waals surface area contributed by atoms with E-state index in [-0.39, 0.29) is 44.9 Å². The van der Waals surface area contributed by atoms with Crippen LogP contribution in [0.25, 0.3) is 0 Å². The molecule has 12 heteroatoms. The van der Waals surface area contributed by atoms with Gasteiger partial charge in [-0.3, -0.25) is 33.9 Å². The third-order valence-electron chi connectivity index (χ3n) is 15.4. The van der Waals surface area contributed by atoms with Crippen molar-refractivity contribution in [2.45, 2.75) is 224 Å². The second-order valence-electron chi connectivity index (χ2n) is 23.0. The van der Waals surface area contributed by atoms with Gasteiger partial charge in [-0.05, 0) is 132 Å². The Hall–Kier alpha value is -2.28. The normalized spacial score (nSPS) is 28.8. The lowest BCUT2D eigenvalue weighted by Gasteiger charge is -2.53. The third-order valence-corrected chi connectivity index (χ3v) is 15.4. The standard InChI is InChI=1S/C46H82N4O8/c1-40(2)23-30(19-20-47(40)15)55-36(51)21-34(38(53)57-32-26-43(7,8)49(17)44(9,10)27-32)35(39(54)58-33-28-45(11,12)50(18)46(13,14)29-33)22-37(52)56-31-24-41(3,4)48(16)42(5,6)25-31/h30-35H,19-29H2,1-18H3. The number of hydrogen-bond donors (Lipinski definition) is 0. The summed E-state index contributed by atoms with van der Waals surface area (Å²) in [5.74, 6) is -5.23. The van der Waals surface area contributed by atoms with E-state index < -0.39 is 66.9 Å². The molecule has 0 saturated carbocycles. The zero-order valence-corrected chi connectivity index (χ0v) is 39.8. The lowest BCUT2D eigenvalue weighted by molar-refractivity contribution is -0.182. The summed E-state index contributed by atoms with van der Waals surface area (Å²) >= 11 is 0. The largest absolute Gasteiger partial charge is 0.462 e. The van der Waals surface area contributed by atoms with Gasteiger partial charge in [0, 0.05) is 90.3 Å². The van der Waals surface area contributed by atoms with E-state index in [1.165, 1.54) is 0 Å². The van der Waals surface area contributed by atoms with Gasteiger partial charge in [0.25, 0.3) is 0 Å². The molecule has 58 heavy (non-hydrogen) atoms. The number of rotatable bonds is 11. The van der Waals surface area contributed by atoms with Gasteiger partial charge in [-0.1, -0.05) is 0 Å². The lowest BCUT2D eigenvalue weighted by Crippen LogP contribution is -2.61. The number of carbonyl (C=O) groups is 4. The summed E-state index contributed by atoms with van der Waals surface area (Å²) in [5, 5.41) is 0. The average Bonchev–Trinajstić information content (AvgIpc) is 3.03. The summed E-state index contributed by atoms with van der Waals surface area (Å²) < 4.78 is 25.0. The fourth-order valence-corrected chi connectivity index (χ4v) is 10.8. The van der Waals surface area contributed by atoms with Crippen LogP contribution in [0.2, 0.25) is 0 Å². The van der Waals surface area contributed by atoms with Crippen molar-refractivity contribution in [2.75, 3.05) is 34.7 Å². The molecule has 0 aromatic rings. The molecule has 3 unspecified atom stereocenters. The second kappa shape index (κ2) is 16.9. The number of nitrogens with zero attached hydrogens (tertiary/aromatic N) is 4. The summed E-state index contributed by atoms with van der Waals surface area (Å²) in [6, 6.07) is 0. The molecule has 4 saturated heterocycles. The van der Waals surface area contributed by atoms with Gasteiger partial charge >= 0.3 is 23.9 Å². The maximum absolute atomic E-state index is 14.7. The Morgan fingerprint density at radius 3 is 0.983 bits per heavy atom. The molecular weight excluding hydrogens is 737 g/mol. The van der Waals surface area contributed by atoms with E-state index in [1.807, 2.05) is 0 Å². The highest BCUT2D eigenvalue weighted by atomic mass is 16.6. The predicted octanol–water partition coefficient (Wildman–Crippen LogP) is 7.00. The van der Waals surface area contributed by atoms with E-state index in [0.29, 0.717) is 51.4 Å². The minimum atomic E-state index is -1.33. The molecule has 0 radical (unpaired) electrons. The first-order chi connectivity index (χ1) is 26.2. The van der Waals surface area contributed by atoms with Crippen molar-refractivity contribution in [3.05, 3.63) is 0 Å². The molecule has 4 rings (SSSR count). The number of carbonyl (C=O) groups excluding carboxylic acids is 4. The highest BCUT2D eigenvalue weighted by molar-refractivity contribution is 5.88. The third kappa shape index (κ3) is 11.1. The Morgan fingerprint density at radius 1 is 0.431 bits per heavy atom. The number of likely N-dealkylation sites (tertiary alicyclic amines) is 4. The molecule has 0 amide bonds. The number of piperidine rings is 4. The number of esters is 4. The molecule has 0 N–H and O–H groups in total. The van der Waals surface area contributed by atoms with Crippen LogP contribution in [0.5, 0.6) is 0 Å². The number of hydrogen-bond acceptors (Lipinski definition) is 12. The van der Waals surface area contributed by atoms with Crippen LogP contribution in [0.4, 0.5) is 0 Å². The maximum atomic E-state index is 14.7. The van der Waals surface area contributed by atoms with Gasteiger partial charge in [0.1, 0.15) is 24.4 Å².